The van der Waals surface area contributed by atoms with Crippen molar-refractivity contribution in [3.8, 4) is 0 Å². The van der Waals surface area contributed by atoms with Crippen molar-refractivity contribution in [1.29, 1.82) is 0 Å². The molecule has 1 atom stereocenters. The third-order valence-electron chi connectivity index (χ3n) is 4.14. The van der Waals surface area contributed by atoms with Crippen molar-refractivity contribution >= 4 is 0 Å². The summed E-state index contributed by atoms with van der Waals surface area (Å²) in [7, 11) is 0. The molecule has 1 saturated carbocycles. The van der Waals surface area contributed by atoms with Gasteiger partial charge in [0.15, 0.2) is 0 Å². The summed E-state index contributed by atoms with van der Waals surface area (Å²) in [5, 5.41) is 9.59. The maximum Gasteiger partial charge on any atom is 0.123 e. The van der Waals surface area contributed by atoms with Crippen molar-refractivity contribution in [2.24, 2.45) is 5.73 Å². The molecular formula is C14H19F2NO. The zero-order chi connectivity index (χ0) is 13.2. The van der Waals surface area contributed by atoms with Gasteiger partial charge in [0, 0.05) is 11.5 Å². The molecule has 0 radical (unpaired) electrons. The van der Waals surface area contributed by atoms with E-state index in [0.29, 0.717) is 25.7 Å². The van der Waals surface area contributed by atoms with Gasteiger partial charge in [-0.3, -0.25) is 0 Å². The number of rotatable bonds is 3. The van der Waals surface area contributed by atoms with Crippen LogP contribution in [0.25, 0.3) is 0 Å². The Morgan fingerprint density at radius 3 is 2.33 bits per heavy atom. The van der Waals surface area contributed by atoms with Gasteiger partial charge < -0.3 is 10.8 Å². The summed E-state index contributed by atoms with van der Waals surface area (Å²) in [5.41, 5.74) is 6.35. The van der Waals surface area contributed by atoms with Gasteiger partial charge in [-0.05, 0) is 43.4 Å². The summed E-state index contributed by atoms with van der Waals surface area (Å²) in [6.07, 6.45) is 2.19. The summed E-state index contributed by atoms with van der Waals surface area (Å²) in [5.74, 6) is -0.307. The highest BCUT2D eigenvalue weighted by molar-refractivity contribution is 5.29. The molecule has 0 aromatic heterocycles. The van der Waals surface area contributed by atoms with Crippen molar-refractivity contribution in [3.05, 3.63) is 35.6 Å². The SMILES string of the molecule is N[C@@H](CF)C1(c2ccc(F)cc2)CCC(O)CC1. The maximum atomic E-state index is 13.0. The second-order valence-corrected chi connectivity index (χ2v) is 5.16. The van der Waals surface area contributed by atoms with E-state index in [0.717, 1.165) is 5.56 Å². The van der Waals surface area contributed by atoms with E-state index in [1.807, 2.05) is 0 Å². The van der Waals surface area contributed by atoms with E-state index in [9.17, 15) is 13.9 Å². The van der Waals surface area contributed by atoms with Gasteiger partial charge in [0.25, 0.3) is 0 Å². The first-order valence-corrected chi connectivity index (χ1v) is 6.34. The molecular weight excluding hydrogens is 236 g/mol. The highest BCUT2D eigenvalue weighted by Crippen LogP contribution is 2.41. The summed E-state index contributed by atoms with van der Waals surface area (Å²) in [6, 6.07) is 5.53. The van der Waals surface area contributed by atoms with Crippen LogP contribution in [0, 0.1) is 5.82 Å². The smallest absolute Gasteiger partial charge is 0.123 e. The first kappa shape index (κ1) is 13.4. The lowest BCUT2D eigenvalue weighted by Gasteiger charge is -2.43. The lowest BCUT2D eigenvalue weighted by Crippen LogP contribution is -2.49. The molecule has 0 heterocycles. The number of alkyl halides is 1. The molecule has 0 amide bonds. The number of halogens is 2. The van der Waals surface area contributed by atoms with Crippen molar-refractivity contribution in [1.82, 2.24) is 0 Å². The summed E-state index contributed by atoms with van der Waals surface area (Å²) < 4.78 is 26.0. The van der Waals surface area contributed by atoms with Gasteiger partial charge in [0.05, 0.1) is 6.10 Å². The van der Waals surface area contributed by atoms with Crippen LogP contribution in [-0.4, -0.2) is 23.9 Å². The van der Waals surface area contributed by atoms with Gasteiger partial charge in [-0.25, -0.2) is 8.78 Å². The van der Waals surface area contributed by atoms with E-state index >= 15 is 0 Å². The largest absolute Gasteiger partial charge is 0.393 e. The molecule has 1 aliphatic rings. The van der Waals surface area contributed by atoms with Crippen molar-refractivity contribution in [2.75, 3.05) is 6.67 Å². The van der Waals surface area contributed by atoms with E-state index in [1.165, 1.54) is 12.1 Å². The third kappa shape index (κ3) is 2.40. The predicted molar refractivity (Wildman–Crippen MR) is 66.5 cm³/mol. The number of hydrogen-bond acceptors (Lipinski definition) is 2. The zero-order valence-electron chi connectivity index (χ0n) is 10.3. The van der Waals surface area contributed by atoms with E-state index in [1.54, 1.807) is 12.1 Å². The molecule has 1 aromatic rings. The molecule has 1 aromatic carbocycles. The molecule has 1 fully saturated rings. The molecule has 0 aliphatic heterocycles. The molecule has 0 unspecified atom stereocenters. The Bertz CT molecular complexity index is 385. The van der Waals surface area contributed by atoms with Crippen LogP contribution in [-0.2, 0) is 5.41 Å². The zero-order valence-corrected chi connectivity index (χ0v) is 10.3. The molecule has 4 heteroatoms. The number of aliphatic hydroxyl groups is 1. The van der Waals surface area contributed by atoms with Crippen LogP contribution in [0.4, 0.5) is 8.78 Å². The third-order valence-corrected chi connectivity index (χ3v) is 4.14. The monoisotopic (exact) mass is 255 g/mol. The maximum absolute atomic E-state index is 13.0. The Kier molecular flexibility index (Phi) is 3.97. The highest BCUT2D eigenvalue weighted by atomic mass is 19.1. The first-order valence-electron chi connectivity index (χ1n) is 6.34. The van der Waals surface area contributed by atoms with E-state index in [2.05, 4.69) is 0 Å². The van der Waals surface area contributed by atoms with Gasteiger partial charge in [-0.2, -0.15) is 0 Å². The fourth-order valence-electron chi connectivity index (χ4n) is 2.92. The quantitative estimate of drug-likeness (QED) is 0.870. The van der Waals surface area contributed by atoms with Gasteiger partial charge in [0.1, 0.15) is 12.5 Å². The molecule has 2 nitrogen and oxygen atoms in total. The average molecular weight is 255 g/mol. The van der Waals surface area contributed by atoms with Crippen LogP contribution in [0.15, 0.2) is 24.3 Å². The minimum absolute atomic E-state index is 0.307. The molecule has 100 valence electrons. The topological polar surface area (TPSA) is 46.2 Å². The molecule has 0 spiro atoms. The summed E-state index contributed by atoms with van der Waals surface area (Å²) in [6.45, 7) is -0.604. The van der Waals surface area contributed by atoms with Crippen LogP contribution >= 0.6 is 0 Å². The number of aliphatic hydroxyl groups excluding tert-OH is 1. The Labute approximate surface area is 106 Å². The lowest BCUT2D eigenvalue weighted by atomic mass is 9.65. The van der Waals surface area contributed by atoms with Gasteiger partial charge in [0.2, 0.25) is 0 Å². The van der Waals surface area contributed by atoms with Crippen molar-refractivity contribution in [3.63, 3.8) is 0 Å². The van der Waals surface area contributed by atoms with Crippen LogP contribution in [0.2, 0.25) is 0 Å². The summed E-state index contributed by atoms with van der Waals surface area (Å²) in [4.78, 5) is 0. The van der Waals surface area contributed by atoms with E-state index in [4.69, 9.17) is 5.73 Å². The molecule has 3 N–H and O–H groups in total. The molecule has 2 rings (SSSR count). The van der Waals surface area contributed by atoms with Gasteiger partial charge in [-0.15, -0.1) is 0 Å². The van der Waals surface area contributed by atoms with Crippen molar-refractivity contribution in [2.45, 2.75) is 43.2 Å². The lowest BCUT2D eigenvalue weighted by molar-refractivity contribution is 0.0813. The van der Waals surface area contributed by atoms with Crippen LogP contribution in [0.5, 0.6) is 0 Å². The Morgan fingerprint density at radius 2 is 1.83 bits per heavy atom. The van der Waals surface area contributed by atoms with Crippen molar-refractivity contribution < 1.29 is 13.9 Å². The van der Waals surface area contributed by atoms with Gasteiger partial charge in [-0.1, -0.05) is 12.1 Å². The average Bonchev–Trinajstić information content (AvgIpc) is 2.40. The normalized spacial score (nSPS) is 30.1. The molecule has 18 heavy (non-hydrogen) atoms. The second kappa shape index (κ2) is 5.33. The van der Waals surface area contributed by atoms with Crippen LogP contribution < -0.4 is 5.73 Å². The minimum atomic E-state index is -0.604. The van der Waals surface area contributed by atoms with E-state index < -0.39 is 18.1 Å². The fourth-order valence-corrected chi connectivity index (χ4v) is 2.92. The molecule has 0 bridgehead atoms. The highest BCUT2D eigenvalue weighted by Gasteiger charge is 2.41. The van der Waals surface area contributed by atoms with Crippen LogP contribution in [0.3, 0.4) is 0 Å². The second-order valence-electron chi connectivity index (χ2n) is 5.16. The summed E-state index contributed by atoms with van der Waals surface area (Å²) >= 11 is 0. The first-order chi connectivity index (χ1) is 8.58. The standard InChI is InChI=1S/C14H19F2NO/c15-9-13(17)14(7-5-12(18)6-8-14)10-1-3-11(16)4-2-10/h1-4,12-13,18H,5-9,17H2/t12?,13-,14?/m0/s1. The van der Waals surface area contributed by atoms with Gasteiger partial charge >= 0.3 is 0 Å². The predicted octanol–water partition coefficient (Wildman–Crippen LogP) is 2.30. The number of nitrogens with two attached hydrogens (primary N) is 1. The fraction of sp³-hybridized carbons (Fsp3) is 0.571. The van der Waals surface area contributed by atoms with Crippen LogP contribution in [0.1, 0.15) is 31.2 Å². The molecule has 1 aliphatic carbocycles. The van der Waals surface area contributed by atoms with E-state index in [-0.39, 0.29) is 11.9 Å². The Morgan fingerprint density at radius 1 is 1.28 bits per heavy atom. The Hall–Kier alpha value is -1.00. The number of hydrogen-bond donors (Lipinski definition) is 2. The number of benzene rings is 1. The molecule has 0 saturated heterocycles. The minimum Gasteiger partial charge on any atom is -0.393 e. The Balaban J connectivity index is 2.33.